The quantitative estimate of drug-likeness (QED) is 0.776. The summed E-state index contributed by atoms with van der Waals surface area (Å²) in [6.45, 7) is 8.02. The Morgan fingerprint density at radius 3 is 2.25 bits per heavy atom. The molecule has 0 aliphatic heterocycles. The van der Waals surface area contributed by atoms with Crippen molar-refractivity contribution < 1.29 is 0 Å². The lowest BCUT2D eigenvalue weighted by Gasteiger charge is -2.24. The molecule has 1 saturated carbocycles. The van der Waals surface area contributed by atoms with Crippen LogP contribution in [0.25, 0.3) is 0 Å². The van der Waals surface area contributed by atoms with Gasteiger partial charge in [-0.2, -0.15) is 0 Å². The fraction of sp³-hybridized carbons (Fsp3) is 0.684. The summed E-state index contributed by atoms with van der Waals surface area (Å²) in [5.41, 5.74) is 2.94. The van der Waals surface area contributed by atoms with Crippen molar-refractivity contribution in [3.8, 4) is 0 Å². The molecule has 1 unspecified atom stereocenters. The van der Waals surface area contributed by atoms with Crippen LogP contribution in [0.3, 0.4) is 0 Å². The second-order valence-corrected chi connectivity index (χ2v) is 6.98. The lowest BCUT2D eigenvalue weighted by Crippen LogP contribution is -2.33. The molecule has 0 heterocycles. The number of nitrogens with one attached hydrogen (secondary N) is 1. The van der Waals surface area contributed by atoms with Crippen LogP contribution in [0.1, 0.15) is 69.9 Å². The van der Waals surface area contributed by atoms with Crippen molar-refractivity contribution in [1.29, 1.82) is 0 Å². The monoisotopic (exact) mass is 273 g/mol. The van der Waals surface area contributed by atoms with Gasteiger partial charge in [-0.25, -0.2) is 0 Å². The number of hydrogen-bond donors (Lipinski definition) is 1. The molecule has 0 spiro atoms. The van der Waals surface area contributed by atoms with E-state index < -0.39 is 0 Å². The van der Waals surface area contributed by atoms with Crippen molar-refractivity contribution in [2.75, 3.05) is 6.54 Å². The van der Waals surface area contributed by atoms with Gasteiger partial charge in [0.1, 0.15) is 0 Å². The second kappa shape index (κ2) is 7.83. The molecule has 0 radical (unpaired) electrons. The minimum absolute atomic E-state index is 0.616. The Morgan fingerprint density at radius 1 is 1.00 bits per heavy atom. The summed E-state index contributed by atoms with van der Waals surface area (Å²) >= 11 is 0. The van der Waals surface area contributed by atoms with E-state index >= 15 is 0 Å². The van der Waals surface area contributed by atoms with Gasteiger partial charge in [0.05, 0.1) is 0 Å². The molecule has 1 aromatic carbocycles. The van der Waals surface area contributed by atoms with Gasteiger partial charge >= 0.3 is 0 Å². The van der Waals surface area contributed by atoms with Gasteiger partial charge in [0.2, 0.25) is 0 Å². The molecule has 1 aliphatic carbocycles. The van der Waals surface area contributed by atoms with Crippen LogP contribution in [0.5, 0.6) is 0 Å². The maximum atomic E-state index is 3.77. The molecule has 0 saturated heterocycles. The summed E-state index contributed by atoms with van der Waals surface area (Å²) in [6.07, 6.45) is 8.20. The first kappa shape index (κ1) is 15.6. The van der Waals surface area contributed by atoms with E-state index in [9.17, 15) is 0 Å². The van der Waals surface area contributed by atoms with Crippen LogP contribution in [0.4, 0.5) is 0 Å². The molecule has 1 heteroatoms. The normalized spacial score (nSPS) is 18.4. The average molecular weight is 273 g/mol. The SMILES string of the molecule is CC(C)Cc1ccc(C(C)CNC2CCCCC2)cc1. The van der Waals surface area contributed by atoms with E-state index in [2.05, 4.69) is 50.4 Å². The Hall–Kier alpha value is -0.820. The fourth-order valence-electron chi connectivity index (χ4n) is 3.22. The van der Waals surface area contributed by atoms with Crippen LogP contribution in [-0.4, -0.2) is 12.6 Å². The van der Waals surface area contributed by atoms with Crippen LogP contribution in [0.2, 0.25) is 0 Å². The van der Waals surface area contributed by atoms with Crippen molar-refractivity contribution in [2.24, 2.45) is 5.92 Å². The minimum atomic E-state index is 0.616. The van der Waals surface area contributed by atoms with Crippen LogP contribution < -0.4 is 5.32 Å². The molecule has 0 bridgehead atoms. The van der Waals surface area contributed by atoms with Gasteiger partial charge in [-0.1, -0.05) is 64.3 Å². The van der Waals surface area contributed by atoms with Gasteiger partial charge in [-0.3, -0.25) is 0 Å². The summed E-state index contributed by atoms with van der Waals surface area (Å²) in [4.78, 5) is 0. The largest absolute Gasteiger partial charge is 0.313 e. The Bertz CT molecular complexity index is 373. The first-order valence-electron chi connectivity index (χ1n) is 8.47. The predicted molar refractivity (Wildman–Crippen MR) is 88.3 cm³/mol. The lowest BCUT2D eigenvalue weighted by molar-refractivity contribution is 0.367. The van der Waals surface area contributed by atoms with Crippen LogP contribution in [0, 0.1) is 5.92 Å². The molecule has 20 heavy (non-hydrogen) atoms. The lowest BCUT2D eigenvalue weighted by atomic mass is 9.93. The maximum Gasteiger partial charge on any atom is 0.00673 e. The molecule has 2 rings (SSSR count). The topological polar surface area (TPSA) is 12.0 Å². The molecule has 1 aromatic rings. The molecule has 1 fully saturated rings. The van der Waals surface area contributed by atoms with E-state index in [1.807, 2.05) is 0 Å². The smallest absolute Gasteiger partial charge is 0.00673 e. The Morgan fingerprint density at radius 2 is 1.65 bits per heavy atom. The molecule has 1 aliphatic rings. The van der Waals surface area contributed by atoms with E-state index in [0.717, 1.165) is 18.5 Å². The van der Waals surface area contributed by atoms with Crippen molar-refractivity contribution in [3.05, 3.63) is 35.4 Å². The Balaban J connectivity index is 1.80. The highest BCUT2D eigenvalue weighted by molar-refractivity contribution is 5.25. The number of benzene rings is 1. The molecule has 112 valence electrons. The van der Waals surface area contributed by atoms with Crippen molar-refractivity contribution in [1.82, 2.24) is 5.32 Å². The molecular formula is C19H31N. The summed E-state index contributed by atoms with van der Waals surface area (Å²) in [7, 11) is 0. The van der Waals surface area contributed by atoms with E-state index in [1.54, 1.807) is 0 Å². The Kier molecular flexibility index (Phi) is 6.09. The minimum Gasteiger partial charge on any atom is -0.313 e. The average Bonchev–Trinajstić information content (AvgIpc) is 2.46. The van der Waals surface area contributed by atoms with E-state index in [-0.39, 0.29) is 0 Å². The zero-order chi connectivity index (χ0) is 14.4. The molecule has 1 nitrogen and oxygen atoms in total. The summed E-state index contributed by atoms with van der Waals surface area (Å²) in [5.74, 6) is 1.36. The molecule has 1 atom stereocenters. The van der Waals surface area contributed by atoms with Gasteiger partial charge in [-0.05, 0) is 42.2 Å². The van der Waals surface area contributed by atoms with E-state index in [0.29, 0.717) is 5.92 Å². The standard InChI is InChI=1S/C19H31N/c1-15(2)13-17-9-11-18(12-10-17)16(3)14-20-19-7-5-4-6-8-19/h9-12,15-16,19-20H,4-8,13-14H2,1-3H3. The zero-order valence-electron chi connectivity index (χ0n) is 13.5. The molecular weight excluding hydrogens is 242 g/mol. The summed E-state index contributed by atoms with van der Waals surface area (Å²) in [5, 5.41) is 3.77. The third kappa shape index (κ3) is 4.94. The Labute approximate surface area is 125 Å². The van der Waals surface area contributed by atoms with Gasteiger partial charge in [0.15, 0.2) is 0 Å². The van der Waals surface area contributed by atoms with Gasteiger partial charge < -0.3 is 5.32 Å². The maximum absolute atomic E-state index is 3.77. The number of hydrogen-bond acceptors (Lipinski definition) is 1. The van der Waals surface area contributed by atoms with Crippen molar-refractivity contribution >= 4 is 0 Å². The highest BCUT2D eigenvalue weighted by Crippen LogP contribution is 2.20. The summed E-state index contributed by atoms with van der Waals surface area (Å²) < 4.78 is 0. The van der Waals surface area contributed by atoms with Crippen LogP contribution in [0.15, 0.2) is 24.3 Å². The third-order valence-electron chi connectivity index (χ3n) is 4.51. The molecule has 1 N–H and O–H groups in total. The fourth-order valence-corrected chi connectivity index (χ4v) is 3.22. The zero-order valence-corrected chi connectivity index (χ0v) is 13.5. The molecule has 0 amide bonds. The third-order valence-corrected chi connectivity index (χ3v) is 4.51. The summed E-state index contributed by atoms with van der Waals surface area (Å²) in [6, 6.07) is 10.0. The van der Waals surface area contributed by atoms with Gasteiger partial charge in [0, 0.05) is 12.6 Å². The van der Waals surface area contributed by atoms with Crippen LogP contribution >= 0.6 is 0 Å². The molecule has 0 aromatic heterocycles. The van der Waals surface area contributed by atoms with Crippen molar-refractivity contribution in [2.45, 2.75) is 71.3 Å². The highest BCUT2D eigenvalue weighted by atomic mass is 14.9. The van der Waals surface area contributed by atoms with E-state index in [4.69, 9.17) is 0 Å². The van der Waals surface area contributed by atoms with Crippen LogP contribution in [-0.2, 0) is 6.42 Å². The second-order valence-electron chi connectivity index (χ2n) is 6.98. The first-order valence-corrected chi connectivity index (χ1v) is 8.47. The van der Waals surface area contributed by atoms with Gasteiger partial charge in [-0.15, -0.1) is 0 Å². The van der Waals surface area contributed by atoms with Gasteiger partial charge in [0.25, 0.3) is 0 Å². The van der Waals surface area contributed by atoms with Crippen molar-refractivity contribution in [3.63, 3.8) is 0 Å². The highest BCUT2D eigenvalue weighted by Gasteiger charge is 2.14. The number of rotatable bonds is 6. The van der Waals surface area contributed by atoms with E-state index in [1.165, 1.54) is 49.7 Å². The predicted octanol–water partition coefficient (Wildman–Crippen LogP) is 4.91. The first-order chi connectivity index (χ1) is 9.65.